The number of aryl methyl sites for hydroxylation is 1. The summed E-state index contributed by atoms with van der Waals surface area (Å²) >= 11 is 0. The molecule has 0 amide bonds. The molecule has 0 heterocycles. The van der Waals surface area contributed by atoms with Crippen LogP contribution in [0.25, 0.3) is 10.8 Å². The molecular formula is C28H24F2O4. The van der Waals surface area contributed by atoms with E-state index in [9.17, 15) is 13.6 Å². The van der Waals surface area contributed by atoms with Gasteiger partial charge in [0.05, 0.1) is 6.61 Å². The lowest BCUT2D eigenvalue weighted by atomic mass is 10.1. The summed E-state index contributed by atoms with van der Waals surface area (Å²) in [6.45, 7) is 1.93. The molecule has 0 radical (unpaired) electrons. The maximum atomic E-state index is 14.5. The van der Waals surface area contributed by atoms with Crippen molar-refractivity contribution in [2.24, 2.45) is 0 Å². The number of ether oxygens (including phenoxy) is 3. The van der Waals surface area contributed by atoms with Crippen LogP contribution in [0.5, 0.6) is 17.2 Å². The second-order valence-electron chi connectivity index (χ2n) is 7.71. The van der Waals surface area contributed by atoms with E-state index in [-0.39, 0.29) is 26.1 Å². The molecule has 0 aromatic heterocycles. The van der Waals surface area contributed by atoms with Crippen LogP contribution >= 0.6 is 0 Å². The number of halogens is 2. The average Bonchev–Trinajstić information content (AvgIpc) is 2.83. The van der Waals surface area contributed by atoms with Crippen LogP contribution in [0.15, 0.2) is 78.9 Å². The smallest absolute Gasteiger partial charge is 0.306 e. The highest BCUT2D eigenvalue weighted by atomic mass is 19.1. The summed E-state index contributed by atoms with van der Waals surface area (Å²) in [4.78, 5) is 11.5. The standard InChI is InChI=1S/C28H24F2O4/c1-2-32-27(31)14-13-19-16-24(29)28(25(30)17-19)33-18-20-7-5-10-22(15-20)34-26-12-6-9-21-8-3-4-11-23(21)26/h3-12,15-17H,2,13-14,18H2,1H3. The summed E-state index contributed by atoms with van der Waals surface area (Å²) in [7, 11) is 0. The summed E-state index contributed by atoms with van der Waals surface area (Å²) in [5.41, 5.74) is 1.06. The van der Waals surface area contributed by atoms with Gasteiger partial charge >= 0.3 is 5.97 Å². The molecule has 0 aliphatic heterocycles. The Morgan fingerprint density at radius 2 is 1.59 bits per heavy atom. The van der Waals surface area contributed by atoms with Crippen molar-refractivity contribution in [2.75, 3.05) is 6.61 Å². The summed E-state index contributed by atoms with van der Waals surface area (Å²) in [5.74, 6) is -1.20. The van der Waals surface area contributed by atoms with E-state index >= 15 is 0 Å². The molecule has 0 unspecified atom stereocenters. The van der Waals surface area contributed by atoms with Crippen molar-refractivity contribution in [3.8, 4) is 17.2 Å². The summed E-state index contributed by atoms with van der Waals surface area (Å²) in [6, 6.07) is 23.3. The number of benzene rings is 4. The average molecular weight is 462 g/mol. The molecule has 34 heavy (non-hydrogen) atoms. The topological polar surface area (TPSA) is 44.8 Å². The Labute approximate surface area is 196 Å². The first-order chi connectivity index (χ1) is 16.5. The molecule has 4 aromatic carbocycles. The lowest BCUT2D eigenvalue weighted by Crippen LogP contribution is -2.06. The van der Waals surface area contributed by atoms with Crippen LogP contribution in [0.2, 0.25) is 0 Å². The second kappa shape index (κ2) is 10.8. The molecule has 174 valence electrons. The maximum Gasteiger partial charge on any atom is 0.306 e. The maximum absolute atomic E-state index is 14.5. The fourth-order valence-corrected chi connectivity index (χ4v) is 3.64. The Balaban J connectivity index is 1.43. The monoisotopic (exact) mass is 462 g/mol. The predicted octanol–water partition coefficient (Wildman–Crippen LogP) is 6.99. The first kappa shape index (κ1) is 23.2. The highest BCUT2D eigenvalue weighted by molar-refractivity contribution is 5.88. The van der Waals surface area contributed by atoms with E-state index in [4.69, 9.17) is 14.2 Å². The number of carbonyl (C=O) groups is 1. The molecule has 6 heteroatoms. The van der Waals surface area contributed by atoms with Gasteiger partial charge in [-0.05, 0) is 60.2 Å². The molecule has 4 aromatic rings. The van der Waals surface area contributed by atoms with E-state index in [1.165, 1.54) is 12.1 Å². The van der Waals surface area contributed by atoms with Crippen LogP contribution in [0.1, 0.15) is 24.5 Å². The van der Waals surface area contributed by atoms with E-state index in [0.717, 1.165) is 10.8 Å². The Morgan fingerprint density at radius 3 is 2.38 bits per heavy atom. The molecule has 0 N–H and O–H groups in total. The van der Waals surface area contributed by atoms with Crippen LogP contribution in [-0.4, -0.2) is 12.6 Å². The van der Waals surface area contributed by atoms with E-state index in [1.54, 1.807) is 25.1 Å². The minimum Gasteiger partial charge on any atom is -0.483 e. The van der Waals surface area contributed by atoms with Gasteiger partial charge in [-0.25, -0.2) is 8.78 Å². The summed E-state index contributed by atoms with van der Waals surface area (Å²) in [6.07, 6.45) is 0.233. The third kappa shape index (κ3) is 5.70. The van der Waals surface area contributed by atoms with E-state index in [2.05, 4.69) is 0 Å². The fraction of sp³-hybridized carbons (Fsp3) is 0.179. The molecule has 4 nitrogen and oxygen atoms in total. The van der Waals surface area contributed by atoms with Gasteiger partial charge < -0.3 is 14.2 Å². The fourth-order valence-electron chi connectivity index (χ4n) is 3.64. The zero-order chi connectivity index (χ0) is 23.9. The molecule has 0 spiro atoms. The van der Waals surface area contributed by atoms with Crippen LogP contribution in [0.4, 0.5) is 8.78 Å². The van der Waals surface area contributed by atoms with Gasteiger partial charge in [-0.2, -0.15) is 0 Å². The SMILES string of the molecule is CCOC(=O)CCc1cc(F)c(OCc2cccc(Oc3cccc4ccccc34)c2)c(F)c1. The normalized spacial score (nSPS) is 10.8. The van der Waals surface area contributed by atoms with Gasteiger partial charge in [0.25, 0.3) is 0 Å². The predicted molar refractivity (Wildman–Crippen MR) is 126 cm³/mol. The third-order valence-electron chi connectivity index (χ3n) is 5.24. The molecule has 0 aliphatic rings. The van der Waals surface area contributed by atoms with Crippen molar-refractivity contribution in [3.63, 3.8) is 0 Å². The Morgan fingerprint density at radius 1 is 0.853 bits per heavy atom. The molecule has 0 atom stereocenters. The Bertz CT molecular complexity index is 1270. The van der Waals surface area contributed by atoms with Crippen molar-refractivity contribution in [2.45, 2.75) is 26.4 Å². The van der Waals surface area contributed by atoms with Gasteiger partial charge in [0.2, 0.25) is 0 Å². The number of esters is 1. The number of hydrogen-bond acceptors (Lipinski definition) is 4. The number of carbonyl (C=O) groups excluding carboxylic acids is 1. The van der Waals surface area contributed by atoms with Gasteiger partial charge in [0.1, 0.15) is 18.1 Å². The van der Waals surface area contributed by atoms with E-state index in [0.29, 0.717) is 22.6 Å². The first-order valence-corrected chi connectivity index (χ1v) is 11.0. The zero-order valence-corrected chi connectivity index (χ0v) is 18.7. The Hall–Kier alpha value is -3.93. The van der Waals surface area contributed by atoms with Gasteiger partial charge in [-0.3, -0.25) is 4.79 Å². The number of fused-ring (bicyclic) bond motifs is 1. The summed E-state index contributed by atoms with van der Waals surface area (Å²) < 4.78 is 45.4. The van der Waals surface area contributed by atoms with Crippen LogP contribution in [-0.2, 0) is 22.6 Å². The quantitative estimate of drug-likeness (QED) is 0.252. The van der Waals surface area contributed by atoms with Crippen molar-refractivity contribution in [3.05, 3.63) is 102 Å². The largest absolute Gasteiger partial charge is 0.483 e. The molecule has 0 fully saturated rings. The van der Waals surface area contributed by atoms with Crippen LogP contribution < -0.4 is 9.47 Å². The Kier molecular flexibility index (Phi) is 7.38. The number of rotatable bonds is 9. The van der Waals surface area contributed by atoms with Crippen LogP contribution in [0.3, 0.4) is 0 Å². The lowest BCUT2D eigenvalue weighted by molar-refractivity contribution is -0.143. The van der Waals surface area contributed by atoms with Crippen molar-refractivity contribution in [1.82, 2.24) is 0 Å². The lowest BCUT2D eigenvalue weighted by Gasteiger charge is -2.12. The highest BCUT2D eigenvalue weighted by Gasteiger charge is 2.14. The summed E-state index contributed by atoms with van der Waals surface area (Å²) in [5, 5.41) is 2.05. The molecule has 0 aliphatic carbocycles. The van der Waals surface area contributed by atoms with E-state index in [1.807, 2.05) is 48.5 Å². The molecule has 0 bridgehead atoms. The minimum atomic E-state index is -0.818. The molecule has 0 saturated carbocycles. The molecular weight excluding hydrogens is 438 g/mol. The number of hydrogen-bond donors (Lipinski definition) is 0. The van der Waals surface area contributed by atoms with Crippen LogP contribution in [0, 0.1) is 11.6 Å². The molecule has 0 saturated heterocycles. The first-order valence-electron chi connectivity index (χ1n) is 11.0. The highest BCUT2D eigenvalue weighted by Crippen LogP contribution is 2.31. The van der Waals surface area contributed by atoms with Crippen molar-refractivity contribution >= 4 is 16.7 Å². The minimum absolute atomic E-state index is 0.0389. The van der Waals surface area contributed by atoms with Gasteiger partial charge in [0.15, 0.2) is 17.4 Å². The van der Waals surface area contributed by atoms with E-state index < -0.39 is 23.4 Å². The zero-order valence-electron chi connectivity index (χ0n) is 18.7. The second-order valence-corrected chi connectivity index (χ2v) is 7.71. The third-order valence-corrected chi connectivity index (χ3v) is 5.24. The van der Waals surface area contributed by atoms with Gasteiger partial charge in [-0.15, -0.1) is 0 Å². The van der Waals surface area contributed by atoms with Crippen molar-refractivity contribution in [1.29, 1.82) is 0 Å². The van der Waals surface area contributed by atoms with Gasteiger partial charge in [-0.1, -0.05) is 48.5 Å². The van der Waals surface area contributed by atoms with Gasteiger partial charge in [0, 0.05) is 11.8 Å². The molecule has 4 rings (SSSR count). The van der Waals surface area contributed by atoms with Crippen molar-refractivity contribution < 1.29 is 27.8 Å².